The number of nitrogens with one attached hydrogen (secondary N) is 1. The summed E-state index contributed by atoms with van der Waals surface area (Å²) in [7, 11) is 1.43. The van der Waals surface area contributed by atoms with Gasteiger partial charge in [-0.15, -0.1) is 0 Å². The number of fused-ring (bicyclic) bond motifs is 1. The van der Waals surface area contributed by atoms with Crippen molar-refractivity contribution in [2.24, 2.45) is 11.3 Å². The highest BCUT2D eigenvalue weighted by molar-refractivity contribution is 5.97. The van der Waals surface area contributed by atoms with E-state index in [-0.39, 0.29) is 23.2 Å². The molecule has 2 heterocycles. The van der Waals surface area contributed by atoms with Gasteiger partial charge in [0.25, 0.3) is 0 Å². The largest absolute Gasteiger partial charge is 0.469 e. The second-order valence-corrected chi connectivity index (χ2v) is 10.8. The number of rotatable bonds is 7. The van der Waals surface area contributed by atoms with E-state index in [1.54, 1.807) is 6.07 Å². The summed E-state index contributed by atoms with van der Waals surface area (Å²) in [5, 5.41) is 8.80. The summed E-state index contributed by atoms with van der Waals surface area (Å²) in [5.41, 5.74) is 11.0. The van der Waals surface area contributed by atoms with Crippen LogP contribution in [0.1, 0.15) is 61.8 Å². The van der Waals surface area contributed by atoms with Crippen molar-refractivity contribution in [1.29, 1.82) is 5.41 Å². The Morgan fingerprint density at radius 1 is 1.22 bits per heavy atom. The second kappa shape index (κ2) is 9.89. The molecule has 0 atom stereocenters. The Morgan fingerprint density at radius 2 is 1.95 bits per heavy atom. The summed E-state index contributed by atoms with van der Waals surface area (Å²) >= 11 is 0. The zero-order valence-corrected chi connectivity index (χ0v) is 21.3. The molecule has 1 saturated heterocycles. The van der Waals surface area contributed by atoms with E-state index >= 15 is 0 Å². The maximum absolute atomic E-state index is 14.4. The summed E-state index contributed by atoms with van der Waals surface area (Å²) in [5.74, 6) is -1.83. The van der Waals surface area contributed by atoms with Crippen molar-refractivity contribution in [3.63, 3.8) is 0 Å². The number of nitrogens with zero attached hydrogens (tertiary/aromatic N) is 1. The molecular formula is C29H33F2N3O3. The van der Waals surface area contributed by atoms with Gasteiger partial charge in [0.1, 0.15) is 0 Å². The molecule has 1 saturated carbocycles. The number of nitrogen functional groups attached to an aromatic ring is 1. The fourth-order valence-electron chi connectivity index (χ4n) is 6.23. The van der Waals surface area contributed by atoms with Crippen molar-refractivity contribution in [3.8, 4) is 5.69 Å². The predicted octanol–water partition coefficient (Wildman–Crippen LogP) is 5.90. The first-order valence-electron chi connectivity index (χ1n) is 12.8. The normalized spacial score (nSPS) is 22.1. The van der Waals surface area contributed by atoms with Crippen molar-refractivity contribution in [1.82, 2.24) is 4.57 Å². The average Bonchev–Trinajstić information content (AvgIpc) is 3.19. The standard InChI is InChI=1S/C29H33F2N3O3/c1-29(14-19(15-29)28(35)36-2)8-5-21-22-13-25(33)18(16-32)11-26(22)34(20-3-4-23(30)24(31)12-20)27(21)17-6-9-37-10-7-17/h3-4,11-13,16-17,19,32H,5-10,14-15,33H2,1-2H3. The third-order valence-electron chi connectivity index (χ3n) is 8.23. The number of carbonyl (C=O) groups is 1. The van der Waals surface area contributed by atoms with E-state index in [1.807, 2.05) is 16.7 Å². The average molecular weight is 510 g/mol. The molecule has 196 valence electrons. The Balaban J connectivity index is 1.65. The Labute approximate surface area is 215 Å². The molecule has 8 heteroatoms. The van der Waals surface area contributed by atoms with Crippen LogP contribution in [0.25, 0.3) is 16.6 Å². The van der Waals surface area contributed by atoms with Gasteiger partial charge >= 0.3 is 5.97 Å². The number of ether oxygens (including phenoxy) is 2. The smallest absolute Gasteiger partial charge is 0.308 e. The van der Waals surface area contributed by atoms with Crippen LogP contribution in [0.15, 0.2) is 30.3 Å². The molecule has 37 heavy (non-hydrogen) atoms. The lowest BCUT2D eigenvalue weighted by molar-refractivity contribution is -0.153. The fourth-order valence-corrected chi connectivity index (χ4v) is 6.23. The Bertz CT molecular complexity index is 1350. The summed E-state index contributed by atoms with van der Waals surface area (Å²) in [4.78, 5) is 12.0. The van der Waals surface area contributed by atoms with Crippen LogP contribution in [0, 0.1) is 28.4 Å². The zero-order valence-electron chi connectivity index (χ0n) is 21.3. The number of halogens is 2. The van der Waals surface area contributed by atoms with Gasteiger partial charge in [0, 0.05) is 59.4 Å². The van der Waals surface area contributed by atoms with E-state index in [1.165, 1.54) is 19.4 Å². The SMILES string of the molecule is COC(=O)C1CC(C)(CCc2c(C3CCOCC3)n(-c3ccc(F)c(F)c3)c3cc(C=N)c(N)cc23)C1. The number of carbonyl (C=O) groups excluding carboxylic acids is 1. The molecule has 0 spiro atoms. The Hall–Kier alpha value is -3.26. The number of esters is 1. The van der Waals surface area contributed by atoms with E-state index < -0.39 is 11.6 Å². The highest BCUT2D eigenvalue weighted by Gasteiger charge is 2.44. The van der Waals surface area contributed by atoms with E-state index in [4.69, 9.17) is 20.6 Å². The van der Waals surface area contributed by atoms with E-state index in [9.17, 15) is 13.6 Å². The Morgan fingerprint density at radius 3 is 2.59 bits per heavy atom. The molecule has 3 aromatic rings. The predicted molar refractivity (Wildman–Crippen MR) is 139 cm³/mol. The van der Waals surface area contributed by atoms with Crippen molar-refractivity contribution in [2.75, 3.05) is 26.1 Å². The molecule has 0 radical (unpaired) electrons. The maximum Gasteiger partial charge on any atom is 0.308 e. The van der Waals surface area contributed by atoms with E-state index in [2.05, 4.69) is 6.92 Å². The molecule has 6 nitrogen and oxygen atoms in total. The number of methoxy groups -OCH3 is 1. The van der Waals surface area contributed by atoms with Crippen LogP contribution in [0.3, 0.4) is 0 Å². The molecule has 1 aliphatic carbocycles. The van der Waals surface area contributed by atoms with Crippen LogP contribution in [-0.2, 0) is 20.7 Å². The third-order valence-corrected chi connectivity index (χ3v) is 8.23. The summed E-state index contributed by atoms with van der Waals surface area (Å²) in [6.45, 7) is 3.47. The molecule has 0 unspecified atom stereocenters. The first kappa shape index (κ1) is 25.4. The fraction of sp³-hybridized carbons (Fsp3) is 0.448. The van der Waals surface area contributed by atoms with Gasteiger partial charge in [0.15, 0.2) is 11.6 Å². The van der Waals surface area contributed by atoms with Crippen LogP contribution in [0.2, 0.25) is 0 Å². The molecule has 1 aromatic heterocycles. The highest BCUT2D eigenvalue weighted by Crippen LogP contribution is 2.50. The lowest BCUT2D eigenvalue weighted by Gasteiger charge is -2.44. The number of hydrogen-bond donors (Lipinski definition) is 2. The molecule has 3 N–H and O–H groups in total. The van der Waals surface area contributed by atoms with Crippen LogP contribution in [0.5, 0.6) is 0 Å². The molecule has 5 rings (SSSR count). The van der Waals surface area contributed by atoms with Crippen molar-refractivity contribution in [3.05, 3.63) is 58.8 Å². The lowest BCUT2D eigenvalue weighted by atomic mass is 9.61. The summed E-state index contributed by atoms with van der Waals surface area (Å²) < 4.78 is 40.9. The third kappa shape index (κ3) is 4.63. The van der Waals surface area contributed by atoms with E-state index in [0.717, 1.165) is 66.8 Å². The highest BCUT2D eigenvalue weighted by atomic mass is 19.2. The minimum absolute atomic E-state index is 0.0165. The summed E-state index contributed by atoms with van der Waals surface area (Å²) in [6.07, 6.45) is 6.06. The van der Waals surface area contributed by atoms with Gasteiger partial charge in [-0.05, 0) is 73.8 Å². The monoisotopic (exact) mass is 509 g/mol. The summed E-state index contributed by atoms with van der Waals surface area (Å²) in [6, 6.07) is 7.75. The number of nitrogens with two attached hydrogens (primary N) is 1. The molecule has 1 aliphatic heterocycles. The van der Waals surface area contributed by atoms with Gasteiger partial charge in [-0.2, -0.15) is 0 Å². The molecular weight excluding hydrogens is 476 g/mol. The van der Waals surface area contributed by atoms with Crippen molar-refractivity contribution >= 4 is 28.8 Å². The van der Waals surface area contributed by atoms with Crippen molar-refractivity contribution in [2.45, 2.75) is 51.4 Å². The Kier molecular flexibility index (Phi) is 6.79. The maximum atomic E-state index is 14.4. The van der Waals surface area contributed by atoms with Crippen molar-refractivity contribution < 1.29 is 23.0 Å². The number of aryl methyl sites for hydroxylation is 1. The minimum Gasteiger partial charge on any atom is -0.469 e. The number of aromatic nitrogens is 1. The van der Waals surface area contributed by atoms with Gasteiger partial charge in [-0.3, -0.25) is 4.79 Å². The van der Waals surface area contributed by atoms with Gasteiger partial charge in [-0.25, -0.2) is 8.78 Å². The second-order valence-electron chi connectivity index (χ2n) is 10.8. The topological polar surface area (TPSA) is 90.3 Å². The van der Waals surface area contributed by atoms with Crippen LogP contribution in [0.4, 0.5) is 14.5 Å². The first-order chi connectivity index (χ1) is 17.7. The number of hydrogen-bond acceptors (Lipinski definition) is 5. The molecule has 0 bridgehead atoms. The number of benzene rings is 2. The molecule has 2 aromatic carbocycles. The molecule has 0 amide bonds. The van der Waals surface area contributed by atoms with Crippen LogP contribution in [-0.4, -0.2) is 37.1 Å². The molecule has 2 aliphatic rings. The van der Waals surface area contributed by atoms with Crippen LogP contribution < -0.4 is 5.73 Å². The molecule has 2 fully saturated rings. The first-order valence-corrected chi connectivity index (χ1v) is 12.8. The van der Waals surface area contributed by atoms with Gasteiger partial charge in [-0.1, -0.05) is 6.92 Å². The van der Waals surface area contributed by atoms with Gasteiger partial charge in [0.05, 0.1) is 18.5 Å². The minimum atomic E-state index is -0.905. The number of anilines is 1. The van der Waals surface area contributed by atoms with Gasteiger partial charge < -0.3 is 25.2 Å². The quantitative estimate of drug-likeness (QED) is 0.236. The van der Waals surface area contributed by atoms with Crippen LogP contribution >= 0.6 is 0 Å². The zero-order chi connectivity index (χ0) is 26.3. The lowest BCUT2D eigenvalue weighted by Crippen LogP contribution is -2.39. The van der Waals surface area contributed by atoms with E-state index in [0.29, 0.717) is 30.2 Å². The van der Waals surface area contributed by atoms with Gasteiger partial charge in [0.2, 0.25) is 0 Å².